The monoisotopic (exact) mass is 260 g/mol. The van der Waals surface area contributed by atoms with Crippen molar-refractivity contribution >= 4 is 0 Å². The molecule has 0 aliphatic heterocycles. The molecule has 2 N–H and O–H groups in total. The summed E-state index contributed by atoms with van der Waals surface area (Å²) in [6, 6.07) is 0. The Bertz CT molecular complexity index is 191. The van der Waals surface area contributed by atoms with E-state index in [-0.39, 0.29) is 12.1 Å². The van der Waals surface area contributed by atoms with Crippen LogP contribution < -0.4 is 5.32 Å². The first kappa shape index (κ1) is 17.8. The van der Waals surface area contributed by atoms with Crippen molar-refractivity contribution in [3.63, 3.8) is 0 Å². The van der Waals surface area contributed by atoms with Crippen LogP contribution in [0.1, 0.15) is 40.5 Å². The molecule has 0 aromatic heterocycles. The zero-order valence-corrected chi connectivity index (χ0v) is 12.7. The van der Waals surface area contributed by atoms with Crippen molar-refractivity contribution in [2.75, 3.05) is 46.0 Å². The van der Waals surface area contributed by atoms with Crippen molar-refractivity contribution in [3.05, 3.63) is 0 Å². The van der Waals surface area contributed by atoms with Gasteiger partial charge in [-0.2, -0.15) is 0 Å². The Hall–Kier alpha value is -0.160. The highest BCUT2D eigenvalue weighted by molar-refractivity contribution is 4.81. The van der Waals surface area contributed by atoms with Gasteiger partial charge in [0, 0.05) is 18.7 Å². The number of nitrogens with one attached hydrogen (secondary N) is 1. The van der Waals surface area contributed by atoms with Crippen LogP contribution in [0.15, 0.2) is 0 Å². The van der Waals surface area contributed by atoms with E-state index >= 15 is 0 Å². The van der Waals surface area contributed by atoms with E-state index in [4.69, 9.17) is 4.74 Å². The molecule has 0 saturated heterocycles. The first-order valence-electron chi connectivity index (χ1n) is 7.27. The minimum atomic E-state index is -0.131. The summed E-state index contributed by atoms with van der Waals surface area (Å²) in [5.74, 6) is 0. The van der Waals surface area contributed by atoms with Crippen molar-refractivity contribution in [1.82, 2.24) is 10.2 Å². The van der Waals surface area contributed by atoms with Crippen molar-refractivity contribution in [3.8, 4) is 0 Å². The highest BCUT2D eigenvalue weighted by Gasteiger charge is 2.21. The predicted octanol–water partition coefficient (Wildman–Crippen LogP) is 1.49. The maximum absolute atomic E-state index is 9.42. The summed E-state index contributed by atoms with van der Waals surface area (Å²) in [6.45, 7) is 14.2. The topological polar surface area (TPSA) is 44.7 Å². The summed E-state index contributed by atoms with van der Waals surface area (Å²) < 4.78 is 5.38. The highest BCUT2D eigenvalue weighted by Crippen LogP contribution is 2.11. The van der Waals surface area contributed by atoms with Crippen LogP contribution in [0.25, 0.3) is 0 Å². The fraction of sp³-hybridized carbons (Fsp3) is 1.00. The van der Waals surface area contributed by atoms with Gasteiger partial charge in [-0.1, -0.05) is 13.8 Å². The zero-order chi connectivity index (χ0) is 13.9. The van der Waals surface area contributed by atoms with Gasteiger partial charge < -0.3 is 20.1 Å². The van der Waals surface area contributed by atoms with E-state index < -0.39 is 0 Å². The molecule has 0 fully saturated rings. The lowest BCUT2D eigenvalue weighted by Crippen LogP contribution is -2.46. The number of hydrogen-bond acceptors (Lipinski definition) is 4. The van der Waals surface area contributed by atoms with Crippen LogP contribution >= 0.6 is 0 Å². The molecule has 110 valence electrons. The van der Waals surface area contributed by atoms with Gasteiger partial charge in [-0.05, 0) is 46.3 Å². The second kappa shape index (κ2) is 10.7. The Morgan fingerprint density at radius 2 is 1.94 bits per heavy atom. The molecule has 0 heterocycles. The van der Waals surface area contributed by atoms with Crippen molar-refractivity contribution in [1.29, 1.82) is 0 Å². The molecule has 0 aromatic carbocycles. The van der Waals surface area contributed by atoms with Crippen molar-refractivity contribution in [2.24, 2.45) is 0 Å². The molecular formula is C14H32N2O2. The molecule has 0 radical (unpaired) electrons. The van der Waals surface area contributed by atoms with Gasteiger partial charge in [-0.15, -0.1) is 0 Å². The standard InChI is InChI=1S/C14H32N2O2/c1-5-15-14(4,13-17)9-8-10-16(6-2)11-12-18-7-3/h15,17H,5-13H2,1-4H3. The van der Waals surface area contributed by atoms with E-state index in [2.05, 4.69) is 31.0 Å². The van der Waals surface area contributed by atoms with Crippen LogP contribution in [0.4, 0.5) is 0 Å². The van der Waals surface area contributed by atoms with Gasteiger partial charge in [0.2, 0.25) is 0 Å². The van der Waals surface area contributed by atoms with Gasteiger partial charge in [-0.25, -0.2) is 0 Å². The van der Waals surface area contributed by atoms with Crippen LogP contribution in [0.2, 0.25) is 0 Å². The fourth-order valence-corrected chi connectivity index (χ4v) is 2.11. The molecule has 18 heavy (non-hydrogen) atoms. The maximum Gasteiger partial charge on any atom is 0.0610 e. The summed E-state index contributed by atoms with van der Waals surface area (Å²) in [6.07, 6.45) is 2.10. The number of aliphatic hydroxyl groups excluding tert-OH is 1. The molecule has 0 rings (SSSR count). The number of nitrogens with zero attached hydrogens (tertiary/aromatic N) is 1. The van der Waals surface area contributed by atoms with E-state index in [1.54, 1.807) is 0 Å². The molecule has 0 saturated carbocycles. The molecule has 0 aliphatic carbocycles. The number of aliphatic hydroxyl groups is 1. The molecule has 0 aromatic rings. The molecule has 0 bridgehead atoms. The quantitative estimate of drug-likeness (QED) is 0.522. The van der Waals surface area contributed by atoms with Gasteiger partial charge >= 0.3 is 0 Å². The Balaban J connectivity index is 3.83. The molecule has 4 heteroatoms. The van der Waals surface area contributed by atoms with Gasteiger partial charge in [-0.3, -0.25) is 0 Å². The molecule has 1 unspecified atom stereocenters. The molecule has 0 spiro atoms. The minimum Gasteiger partial charge on any atom is -0.394 e. The average molecular weight is 260 g/mol. The summed E-state index contributed by atoms with van der Waals surface area (Å²) in [5.41, 5.74) is -0.131. The predicted molar refractivity (Wildman–Crippen MR) is 77.0 cm³/mol. The number of hydrogen-bond donors (Lipinski definition) is 2. The third-order valence-corrected chi connectivity index (χ3v) is 3.36. The first-order chi connectivity index (χ1) is 8.61. The number of rotatable bonds is 12. The number of likely N-dealkylation sites (N-methyl/N-ethyl adjacent to an activating group) is 2. The smallest absolute Gasteiger partial charge is 0.0610 e. The summed E-state index contributed by atoms with van der Waals surface area (Å²) >= 11 is 0. The van der Waals surface area contributed by atoms with Crippen LogP contribution in [0.3, 0.4) is 0 Å². The first-order valence-corrected chi connectivity index (χ1v) is 7.27. The van der Waals surface area contributed by atoms with Crippen LogP contribution in [0, 0.1) is 0 Å². The maximum atomic E-state index is 9.42. The van der Waals surface area contributed by atoms with E-state index in [1.165, 1.54) is 0 Å². The summed E-state index contributed by atoms with van der Waals surface area (Å²) in [5, 5.41) is 12.8. The van der Waals surface area contributed by atoms with Gasteiger partial charge in [0.15, 0.2) is 0 Å². The third-order valence-electron chi connectivity index (χ3n) is 3.36. The van der Waals surface area contributed by atoms with Gasteiger partial charge in [0.05, 0.1) is 13.2 Å². The Labute approximate surface area is 113 Å². The SMILES string of the molecule is CCNC(C)(CO)CCCN(CC)CCOCC. The second-order valence-electron chi connectivity index (χ2n) is 4.98. The third kappa shape index (κ3) is 8.03. The zero-order valence-electron chi connectivity index (χ0n) is 12.7. The molecular weight excluding hydrogens is 228 g/mol. The summed E-state index contributed by atoms with van der Waals surface area (Å²) in [4.78, 5) is 2.40. The van der Waals surface area contributed by atoms with Crippen molar-refractivity contribution in [2.45, 2.75) is 46.1 Å². The van der Waals surface area contributed by atoms with E-state index in [0.717, 1.165) is 52.2 Å². The molecule has 0 amide bonds. The summed E-state index contributed by atoms with van der Waals surface area (Å²) in [7, 11) is 0. The second-order valence-corrected chi connectivity index (χ2v) is 4.98. The van der Waals surface area contributed by atoms with E-state index in [1.807, 2.05) is 6.92 Å². The lowest BCUT2D eigenvalue weighted by atomic mass is 9.96. The molecule has 0 aliphatic rings. The average Bonchev–Trinajstić information content (AvgIpc) is 2.37. The lowest BCUT2D eigenvalue weighted by Gasteiger charge is -2.29. The lowest BCUT2D eigenvalue weighted by molar-refractivity contribution is 0.111. The highest BCUT2D eigenvalue weighted by atomic mass is 16.5. The Morgan fingerprint density at radius 3 is 2.44 bits per heavy atom. The number of ether oxygens (including phenoxy) is 1. The fourth-order valence-electron chi connectivity index (χ4n) is 2.11. The van der Waals surface area contributed by atoms with E-state index in [9.17, 15) is 5.11 Å². The Morgan fingerprint density at radius 1 is 1.22 bits per heavy atom. The van der Waals surface area contributed by atoms with Crippen LogP contribution in [0.5, 0.6) is 0 Å². The largest absolute Gasteiger partial charge is 0.394 e. The normalized spacial score (nSPS) is 15.0. The van der Waals surface area contributed by atoms with E-state index in [0.29, 0.717) is 0 Å². The van der Waals surface area contributed by atoms with Crippen LogP contribution in [-0.4, -0.2) is 61.5 Å². The Kier molecular flexibility index (Phi) is 10.6. The van der Waals surface area contributed by atoms with Gasteiger partial charge in [0.25, 0.3) is 0 Å². The van der Waals surface area contributed by atoms with Gasteiger partial charge in [0.1, 0.15) is 0 Å². The molecule has 4 nitrogen and oxygen atoms in total. The minimum absolute atomic E-state index is 0.131. The van der Waals surface area contributed by atoms with Crippen molar-refractivity contribution < 1.29 is 9.84 Å². The molecule has 1 atom stereocenters. The van der Waals surface area contributed by atoms with Crippen LogP contribution in [-0.2, 0) is 4.74 Å².